The number of benzene rings is 2. The average Bonchev–Trinajstić information content (AvgIpc) is 3.17. The van der Waals surface area contributed by atoms with Crippen molar-refractivity contribution in [3.63, 3.8) is 0 Å². The summed E-state index contributed by atoms with van der Waals surface area (Å²) in [6.45, 7) is 0.908. The summed E-state index contributed by atoms with van der Waals surface area (Å²) in [7, 11) is 1.62. The minimum Gasteiger partial charge on any atom is -0.493 e. The molecule has 0 saturated heterocycles. The SMILES string of the molecule is COc1cc(CNn2c(-c3ccncc3)n[nH]c2=S)ccc1OCc1cccc(Cl)c1. The topological polar surface area (TPSA) is 77.0 Å². The second-order valence-electron chi connectivity index (χ2n) is 6.66. The lowest BCUT2D eigenvalue weighted by Gasteiger charge is -2.14. The van der Waals surface area contributed by atoms with Crippen LogP contribution in [0.15, 0.2) is 67.0 Å². The number of nitrogens with zero attached hydrogens (tertiary/aromatic N) is 3. The second-order valence-corrected chi connectivity index (χ2v) is 7.49. The van der Waals surface area contributed by atoms with Crippen molar-refractivity contribution in [1.29, 1.82) is 0 Å². The van der Waals surface area contributed by atoms with Crippen molar-refractivity contribution in [3.8, 4) is 22.9 Å². The number of halogens is 1. The molecule has 0 aliphatic heterocycles. The largest absolute Gasteiger partial charge is 0.493 e. The van der Waals surface area contributed by atoms with Crippen molar-refractivity contribution >= 4 is 23.8 Å². The molecule has 4 aromatic rings. The molecule has 0 aliphatic rings. The fourth-order valence-corrected chi connectivity index (χ4v) is 3.45. The number of aromatic amines is 1. The number of hydrogen-bond acceptors (Lipinski definition) is 6. The van der Waals surface area contributed by atoms with Crippen LogP contribution in [0.5, 0.6) is 11.5 Å². The van der Waals surface area contributed by atoms with Crippen LogP contribution >= 0.6 is 23.8 Å². The van der Waals surface area contributed by atoms with E-state index in [4.69, 9.17) is 33.3 Å². The molecular weight excluding hydrogens is 434 g/mol. The average molecular weight is 454 g/mol. The van der Waals surface area contributed by atoms with Crippen molar-refractivity contribution < 1.29 is 9.47 Å². The Bertz CT molecular complexity index is 1230. The Labute approximate surface area is 189 Å². The van der Waals surface area contributed by atoms with Crippen LogP contribution in [0.4, 0.5) is 0 Å². The van der Waals surface area contributed by atoms with Gasteiger partial charge in [0.1, 0.15) is 6.61 Å². The molecule has 31 heavy (non-hydrogen) atoms. The van der Waals surface area contributed by atoms with Gasteiger partial charge in [-0.1, -0.05) is 29.8 Å². The van der Waals surface area contributed by atoms with Gasteiger partial charge in [0, 0.05) is 23.0 Å². The molecule has 0 unspecified atom stereocenters. The number of aromatic nitrogens is 4. The zero-order valence-electron chi connectivity index (χ0n) is 16.7. The van der Waals surface area contributed by atoms with Gasteiger partial charge < -0.3 is 14.9 Å². The summed E-state index contributed by atoms with van der Waals surface area (Å²) >= 11 is 11.4. The minimum atomic E-state index is 0.397. The van der Waals surface area contributed by atoms with Crippen LogP contribution in [0.1, 0.15) is 11.1 Å². The maximum atomic E-state index is 6.04. The molecule has 7 nitrogen and oxygen atoms in total. The molecule has 0 saturated carbocycles. The lowest BCUT2D eigenvalue weighted by Crippen LogP contribution is -2.16. The molecule has 158 valence electrons. The molecule has 0 radical (unpaired) electrons. The number of hydrogen-bond donors (Lipinski definition) is 2. The van der Waals surface area contributed by atoms with Crippen LogP contribution in [0.3, 0.4) is 0 Å². The van der Waals surface area contributed by atoms with Crippen molar-refractivity contribution in [2.75, 3.05) is 12.5 Å². The molecule has 0 atom stereocenters. The smallest absolute Gasteiger partial charge is 0.214 e. The first-order chi connectivity index (χ1) is 15.1. The fraction of sp³-hybridized carbons (Fsp3) is 0.136. The first-order valence-corrected chi connectivity index (χ1v) is 10.3. The molecule has 0 bridgehead atoms. The van der Waals surface area contributed by atoms with Crippen LogP contribution < -0.4 is 14.9 Å². The molecule has 0 amide bonds. The number of H-pyrrole nitrogens is 1. The van der Waals surface area contributed by atoms with Gasteiger partial charge in [0.15, 0.2) is 17.3 Å². The van der Waals surface area contributed by atoms with Crippen LogP contribution in [0.25, 0.3) is 11.4 Å². The third kappa shape index (κ3) is 5.04. The predicted octanol–water partition coefficient (Wildman–Crippen LogP) is 4.99. The van der Waals surface area contributed by atoms with E-state index in [0.29, 0.717) is 40.3 Å². The Morgan fingerprint density at radius 2 is 1.90 bits per heavy atom. The highest BCUT2D eigenvalue weighted by Crippen LogP contribution is 2.29. The molecule has 0 fully saturated rings. The predicted molar refractivity (Wildman–Crippen MR) is 122 cm³/mol. The van der Waals surface area contributed by atoms with Gasteiger partial charge in [-0.15, -0.1) is 0 Å². The van der Waals surface area contributed by atoms with Gasteiger partial charge in [-0.05, 0) is 59.7 Å². The lowest BCUT2D eigenvalue weighted by molar-refractivity contribution is 0.284. The molecule has 4 rings (SSSR count). The van der Waals surface area contributed by atoms with Gasteiger partial charge in [-0.3, -0.25) is 4.98 Å². The van der Waals surface area contributed by atoms with Crippen LogP contribution in [0, 0.1) is 4.77 Å². The number of methoxy groups -OCH3 is 1. The van der Waals surface area contributed by atoms with Gasteiger partial charge in [0.2, 0.25) is 4.77 Å². The summed E-state index contributed by atoms with van der Waals surface area (Å²) in [5.41, 5.74) is 6.18. The number of pyridine rings is 1. The highest BCUT2D eigenvalue weighted by Gasteiger charge is 2.10. The minimum absolute atomic E-state index is 0.397. The highest BCUT2D eigenvalue weighted by atomic mass is 35.5. The summed E-state index contributed by atoms with van der Waals surface area (Å²) in [4.78, 5) is 4.04. The van der Waals surface area contributed by atoms with E-state index in [0.717, 1.165) is 16.7 Å². The van der Waals surface area contributed by atoms with Gasteiger partial charge in [0.05, 0.1) is 13.7 Å². The van der Waals surface area contributed by atoms with Crippen LogP contribution in [0.2, 0.25) is 5.02 Å². The monoisotopic (exact) mass is 453 g/mol. The summed E-state index contributed by atoms with van der Waals surface area (Å²) < 4.78 is 13.7. The first-order valence-electron chi connectivity index (χ1n) is 9.50. The Hall–Kier alpha value is -3.36. The Morgan fingerprint density at radius 3 is 2.68 bits per heavy atom. The summed E-state index contributed by atoms with van der Waals surface area (Å²) in [5, 5.41) is 7.80. The standard InChI is InChI=1S/C22H20ClN5O2S/c1-29-20-12-15(5-6-19(20)30-14-16-3-2-4-18(23)11-16)13-25-28-21(26-27-22(28)31)17-7-9-24-10-8-17/h2-12,25H,13-14H2,1H3,(H,27,31). The Morgan fingerprint density at radius 1 is 1.06 bits per heavy atom. The molecule has 0 spiro atoms. The highest BCUT2D eigenvalue weighted by molar-refractivity contribution is 7.71. The van der Waals surface area contributed by atoms with Crippen molar-refractivity contribution in [3.05, 3.63) is 87.9 Å². The van der Waals surface area contributed by atoms with Crippen LogP contribution in [-0.2, 0) is 13.2 Å². The van der Waals surface area contributed by atoms with E-state index in [9.17, 15) is 0 Å². The third-order valence-corrected chi connectivity index (χ3v) is 5.07. The van der Waals surface area contributed by atoms with E-state index in [1.54, 1.807) is 24.2 Å². The fourth-order valence-electron chi connectivity index (χ4n) is 3.04. The van der Waals surface area contributed by atoms with Crippen LogP contribution in [-0.4, -0.2) is 27.0 Å². The Balaban J connectivity index is 1.47. The first kappa shape index (κ1) is 20.9. The number of nitrogens with one attached hydrogen (secondary N) is 2. The zero-order chi connectivity index (χ0) is 21.6. The van der Waals surface area contributed by atoms with Crippen molar-refractivity contribution in [1.82, 2.24) is 19.9 Å². The van der Waals surface area contributed by atoms with Gasteiger partial charge in [-0.2, -0.15) is 5.10 Å². The third-order valence-electron chi connectivity index (χ3n) is 4.56. The molecule has 9 heteroatoms. The van der Waals surface area contributed by atoms with Crippen molar-refractivity contribution in [2.45, 2.75) is 13.2 Å². The van der Waals surface area contributed by atoms with E-state index in [1.807, 2.05) is 54.6 Å². The molecule has 2 aromatic heterocycles. The molecule has 2 N–H and O–H groups in total. The number of rotatable bonds is 8. The van der Waals surface area contributed by atoms with Gasteiger partial charge >= 0.3 is 0 Å². The van der Waals surface area contributed by atoms with E-state index in [2.05, 4.69) is 20.6 Å². The van der Waals surface area contributed by atoms with E-state index in [-0.39, 0.29) is 0 Å². The van der Waals surface area contributed by atoms with E-state index >= 15 is 0 Å². The summed E-state index contributed by atoms with van der Waals surface area (Å²) in [5.74, 6) is 1.98. The van der Waals surface area contributed by atoms with E-state index < -0.39 is 0 Å². The molecule has 2 aromatic carbocycles. The summed E-state index contributed by atoms with van der Waals surface area (Å²) in [6, 6.07) is 17.1. The quantitative estimate of drug-likeness (QED) is 0.366. The van der Waals surface area contributed by atoms with Crippen molar-refractivity contribution in [2.24, 2.45) is 0 Å². The summed E-state index contributed by atoms with van der Waals surface area (Å²) in [6.07, 6.45) is 3.43. The maximum absolute atomic E-state index is 6.04. The second kappa shape index (κ2) is 9.63. The number of ether oxygens (including phenoxy) is 2. The zero-order valence-corrected chi connectivity index (χ0v) is 18.3. The molecule has 2 heterocycles. The molecular formula is C22H20ClN5O2S. The van der Waals surface area contributed by atoms with Gasteiger partial charge in [0.25, 0.3) is 0 Å². The van der Waals surface area contributed by atoms with E-state index in [1.165, 1.54) is 0 Å². The lowest BCUT2D eigenvalue weighted by atomic mass is 10.2. The molecule has 0 aliphatic carbocycles. The Kier molecular flexibility index (Phi) is 6.49. The normalized spacial score (nSPS) is 10.6. The maximum Gasteiger partial charge on any atom is 0.214 e. The van der Waals surface area contributed by atoms with Gasteiger partial charge in [-0.25, -0.2) is 9.77 Å².